The largest absolute Gasteiger partial charge is 0.423 e. The highest BCUT2D eigenvalue weighted by Gasteiger charge is 2.42. The zero-order valence-corrected chi connectivity index (χ0v) is 18.4. The highest BCUT2D eigenvalue weighted by molar-refractivity contribution is 6.30. The van der Waals surface area contributed by atoms with Crippen LogP contribution >= 0.6 is 11.6 Å². The summed E-state index contributed by atoms with van der Waals surface area (Å²) in [5.74, 6) is -0.859. The standard InChI is InChI=1S/C24H26ClNO4/c1-15-7-5-6-8-20(15)30-24(28)22-17(3)26(13-14-29-4)23(27)16(2)21(22)18-9-11-19(25)12-10-18/h5-12,16,21H,13-14H2,1-4H3. The first-order chi connectivity index (χ1) is 14.3. The maximum atomic E-state index is 13.4. The predicted octanol–water partition coefficient (Wildman–Crippen LogP) is 4.74. The van der Waals surface area contributed by atoms with Gasteiger partial charge < -0.3 is 14.4 Å². The molecule has 30 heavy (non-hydrogen) atoms. The van der Waals surface area contributed by atoms with Gasteiger partial charge in [-0.1, -0.05) is 48.9 Å². The highest BCUT2D eigenvalue weighted by atomic mass is 35.5. The molecule has 158 valence electrons. The van der Waals surface area contributed by atoms with Gasteiger partial charge in [0.15, 0.2) is 0 Å². The van der Waals surface area contributed by atoms with E-state index in [9.17, 15) is 9.59 Å². The third kappa shape index (κ3) is 4.42. The van der Waals surface area contributed by atoms with Crippen molar-refractivity contribution in [3.8, 4) is 5.75 Å². The fourth-order valence-electron chi connectivity index (χ4n) is 3.86. The van der Waals surface area contributed by atoms with E-state index < -0.39 is 17.8 Å². The summed E-state index contributed by atoms with van der Waals surface area (Å²) in [5, 5.41) is 0.597. The number of hydrogen-bond donors (Lipinski definition) is 0. The van der Waals surface area contributed by atoms with E-state index >= 15 is 0 Å². The van der Waals surface area contributed by atoms with Gasteiger partial charge in [0, 0.05) is 36.2 Å². The molecule has 1 aliphatic rings. The number of halogens is 1. The first kappa shape index (κ1) is 22.1. The van der Waals surface area contributed by atoms with Crippen LogP contribution in [0.2, 0.25) is 5.02 Å². The fraction of sp³-hybridized carbons (Fsp3) is 0.333. The molecule has 0 saturated heterocycles. The smallest absolute Gasteiger partial charge is 0.341 e. The number of rotatable bonds is 6. The van der Waals surface area contributed by atoms with Gasteiger partial charge in [-0.2, -0.15) is 0 Å². The predicted molar refractivity (Wildman–Crippen MR) is 116 cm³/mol. The Balaban J connectivity index is 2.08. The molecule has 1 amide bonds. The van der Waals surface area contributed by atoms with E-state index in [2.05, 4.69) is 0 Å². The molecule has 2 aromatic rings. The topological polar surface area (TPSA) is 55.8 Å². The SMILES string of the molecule is COCCN1C(=O)C(C)C(c2ccc(Cl)cc2)C(C(=O)Oc2ccccc2C)=C1C. The summed E-state index contributed by atoms with van der Waals surface area (Å²) in [6.45, 7) is 6.27. The number of nitrogens with zero attached hydrogens (tertiary/aromatic N) is 1. The molecule has 0 bridgehead atoms. The minimum absolute atomic E-state index is 0.0445. The Hall–Kier alpha value is -2.63. The van der Waals surface area contributed by atoms with Crippen molar-refractivity contribution in [3.63, 3.8) is 0 Å². The Labute approximate surface area is 182 Å². The Morgan fingerprint density at radius 3 is 2.40 bits per heavy atom. The van der Waals surface area contributed by atoms with Crippen molar-refractivity contribution in [1.82, 2.24) is 4.90 Å². The fourth-order valence-corrected chi connectivity index (χ4v) is 3.99. The van der Waals surface area contributed by atoms with E-state index in [0.717, 1.165) is 11.1 Å². The van der Waals surface area contributed by atoms with Gasteiger partial charge in [0.05, 0.1) is 12.2 Å². The molecule has 2 unspecified atom stereocenters. The summed E-state index contributed by atoms with van der Waals surface area (Å²) in [6.07, 6.45) is 0. The molecular weight excluding hydrogens is 402 g/mol. The second-order valence-corrected chi connectivity index (χ2v) is 7.89. The number of hydrogen-bond acceptors (Lipinski definition) is 4. The van der Waals surface area contributed by atoms with Crippen LogP contribution in [0.4, 0.5) is 0 Å². The first-order valence-electron chi connectivity index (χ1n) is 9.89. The number of carbonyl (C=O) groups is 2. The van der Waals surface area contributed by atoms with Crippen LogP contribution in [0.15, 0.2) is 59.8 Å². The van der Waals surface area contributed by atoms with Gasteiger partial charge in [-0.25, -0.2) is 4.79 Å². The Morgan fingerprint density at radius 1 is 1.10 bits per heavy atom. The van der Waals surface area contributed by atoms with Crippen LogP contribution in [0.3, 0.4) is 0 Å². The lowest BCUT2D eigenvalue weighted by atomic mass is 9.77. The molecule has 2 aromatic carbocycles. The van der Waals surface area contributed by atoms with E-state index in [1.165, 1.54) is 0 Å². The summed E-state index contributed by atoms with van der Waals surface area (Å²) < 4.78 is 10.9. The van der Waals surface area contributed by atoms with E-state index in [0.29, 0.717) is 35.2 Å². The molecule has 6 heteroatoms. The number of esters is 1. The average Bonchev–Trinajstić information content (AvgIpc) is 2.73. The van der Waals surface area contributed by atoms with Gasteiger partial charge in [0.1, 0.15) is 5.75 Å². The average molecular weight is 428 g/mol. The lowest BCUT2D eigenvalue weighted by Crippen LogP contribution is -2.45. The minimum Gasteiger partial charge on any atom is -0.423 e. The normalized spacial score (nSPS) is 19.2. The first-order valence-corrected chi connectivity index (χ1v) is 10.3. The lowest BCUT2D eigenvalue weighted by Gasteiger charge is -2.38. The number of allylic oxidation sites excluding steroid dienone is 1. The van der Waals surface area contributed by atoms with Crippen LogP contribution < -0.4 is 4.74 Å². The summed E-state index contributed by atoms with van der Waals surface area (Å²) in [4.78, 5) is 28.1. The molecule has 0 saturated carbocycles. The van der Waals surface area contributed by atoms with Crippen LogP contribution in [0, 0.1) is 12.8 Å². The van der Waals surface area contributed by atoms with E-state index in [4.69, 9.17) is 21.1 Å². The van der Waals surface area contributed by atoms with Crippen molar-refractivity contribution in [3.05, 3.63) is 76.0 Å². The quantitative estimate of drug-likeness (QED) is 0.493. The number of benzene rings is 2. The van der Waals surface area contributed by atoms with Crippen LogP contribution in [0.25, 0.3) is 0 Å². The maximum Gasteiger partial charge on any atom is 0.341 e. The molecule has 0 radical (unpaired) electrons. The second-order valence-electron chi connectivity index (χ2n) is 7.45. The van der Waals surface area contributed by atoms with Gasteiger partial charge in [-0.15, -0.1) is 0 Å². The van der Waals surface area contributed by atoms with Gasteiger partial charge in [0.2, 0.25) is 5.91 Å². The summed E-state index contributed by atoms with van der Waals surface area (Å²) in [5.41, 5.74) is 2.78. The number of para-hydroxylation sites is 1. The van der Waals surface area contributed by atoms with Crippen molar-refractivity contribution < 1.29 is 19.1 Å². The van der Waals surface area contributed by atoms with Crippen LogP contribution in [-0.4, -0.2) is 37.0 Å². The van der Waals surface area contributed by atoms with Gasteiger partial charge in [-0.3, -0.25) is 4.79 Å². The molecule has 5 nitrogen and oxygen atoms in total. The van der Waals surface area contributed by atoms with Crippen molar-refractivity contribution in [2.24, 2.45) is 5.92 Å². The molecule has 3 rings (SSSR count). The summed E-state index contributed by atoms with van der Waals surface area (Å²) >= 11 is 6.06. The zero-order valence-electron chi connectivity index (χ0n) is 17.6. The third-order valence-corrected chi connectivity index (χ3v) is 5.78. The van der Waals surface area contributed by atoms with Gasteiger partial charge >= 0.3 is 5.97 Å². The lowest BCUT2D eigenvalue weighted by molar-refractivity contribution is -0.137. The Kier molecular flexibility index (Phi) is 6.95. The zero-order chi connectivity index (χ0) is 21.8. The van der Waals surface area contributed by atoms with E-state index in [-0.39, 0.29) is 5.91 Å². The molecule has 1 heterocycles. The molecule has 0 spiro atoms. The molecule has 0 fully saturated rings. The van der Waals surface area contributed by atoms with Crippen LogP contribution in [0.1, 0.15) is 30.9 Å². The van der Waals surface area contributed by atoms with Gasteiger partial charge in [0.25, 0.3) is 0 Å². The molecule has 0 N–H and O–H groups in total. The van der Waals surface area contributed by atoms with E-state index in [1.807, 2.05) is 44.2 Å². The van der Waals surface area contributed by atoms with Crippen molar-refractivity contribution in [2.45, 2.75) is 26.7 Å². The molecular formula is C24H26ClNO4. The van der Waals surface area contributed by atoms with Crippen LogP contribution in [0.5, 0.6) is 5.75 Å². The minimum atomic E-state index is -0.455. The Morgan fingerprint density at radius 2 is 1.77 bits per heavy atom. The van der Waals surface area contributed by atoms with Crippen molar-refractivity contribution in [1.29, 1.82) is 0 Å². The van der Waals surface area contributed by atoms with Crippen molar-refractivity contribution >= 4 is 23.5 Å². The molecule has 1 aliphatic heterocycles. The highest BCUT2D eigenvalue weighted by Crippen LogP contribution is 2.41. The number of ether oxygens (including phenoxy) is 2. The maximum absolute atomic E-state index is 13.4. The second kappa shape index (κ2) is 9.45. The van der Waals surface area contributed by atoms with Gasteiger partial charge in [-0.05, 0) is 43.2 Å². The summed E-state index contributed by atoms with van der Waals surface area (Å²) in [7, 11) is 1.58. The number of carbonyl (C=O) groups excluding carboxylic acids is 2. The molecule has 0 aliphatic carbocycles. The van der Waals surface area contributed by atoms with Crippen LogP contribution in [-0.2, 0) is 14.3 Å². The third-order valence-electron chi connectivity index (χ3n) is 5.53. The number of aryl methyl sites for hydroxylation is 1. The Bertz CT molecular complexity index is 967. The van der Waals surface area contributed by atoms with E-state index in [1.54, 1.807) is 37.1 Å². The monoisotopic (exact) mass is 427 g/mol. The molecule has 0 aromatic heterocycles. The van der Waals surface area contributed by atoms with Crippen molar-refractivity contribution in [2.75, 3.05) is 20.3 Å². The number of methoxy groups -OCH3 is 1. The molecule has 2 atom stereocenters. The number of amides is 1. The summed E-state index contributed by atoms with van der Waals surface area (Å²) in [6, 6.07) is 14.6.